The molecule has 0 atom stereocenters. The molecule has 1 rings (SSSR count). The molecule has 1 N–H and O–H groups in total. The molecule has 18 heavy (non-hydrogen) atoms. The van der Waals surface area contributed by atoms with Crippen LogP contribution in [-0.2, 0) is 0 Å². The predicted octanol–water partition coefficient (Wildman–Crippen LogP) is 4.51. The van der Waals surface area contributed by atoms with E-state index in [4.69, 9.17) is 11.6 Å². The second-order valence-electron chi connectivity index (χ2n) is 5.43. The second-order valence-corrected chi connectivity index (χ2v) is 6.66. The molecule has 1 aromatic carbocycles. The summed E-state index contributed by atoms with van der Waals surface area (Å²) in [5.74, 6) is 0.366. The lowest BCUT2D eigenvalue weighted by molar-refractivity contribution is 0.0925. The number of benzene rings is 1. The Morgan fingerprint density at radius 1 is 1.44 bits per heavy atom. The van der Waals surface area contributed by atoms with Crippen LogP contribution in [0.2, 0.25) is 5.02 Å². The van der Waals surface area contributed by atoms with E-state index in [2.05, 4.69) is 48.9 Å². The molecule has 0 aliphatic rings. The summed E-state index contributed by atoms with van der Waals surface area (Å²) < 4.78 is 0.736. The molecule has 0 bridgehead atoms. The highest BCUT2D eigenvalue weighted by Crippen LogP contribution is 2.27. The molecule has 0 spiro atoms. The largest absolute Gasteiger partial charge is 0.351 e. The van der Waals surface area contributed by atoms with Gasteiger partial charge in [0.2, 0.25) is 0 Å². The predicted molar refractivity (Wildman–Crippen MR) is 80.1 cm³/mol. The summed E-state index contributed by atoms with van der Waals surface area (Å²) in [5.41, 5.74) is 0.569. The summed E-state index contributed by atoms with van der Waals surface area (Å²) in [5, 5.41) is 3.40. The average Bonchev–Trinajstić information content (AvgIpc) is 2.29. The summed E-state index contributed by atoms with van der Waals surface area (Å²) in [6, 6.07) is 5.35. The fraction of sp³-hybridized carbons (Fsp3) is 0.500. The Balaban J connectivity index is 2.75. The van der Waals surface area contributed by atoms with Gasteiger partial charge in [0, 0.05) is 11.0 Å². The molecule has 0 heterocycles. The van der Waals surface area contributed by atoms with Gasteiger partial charge in [0.1, 0.15) is 0 Å². The SMILES string of the molecule is CC(C)C(C)(C)CNC(=O)c1cccc(Br)c1Cl. The van der Waals surface area contributed by atoms with Gasteiger partial charge in [-0.3, -0.25) is 4.79 Å². The highest BCUT2D eigenvalue weighted by molar-refractivity contribution is 9.10. The molecule has 1 aromatic rings. The zero-order valence-corrected chi connectivity index (χ0v) is 13.5. The van der Waals surface area contributed by atoms with Gasteiger partial charge in [0.05, 0.1) is 10.6 Å². The van der Waals surface area contributed by atoms with Crippen molar-refractivity contribution in [3.63, 3.8) is 0 Å². The van der Waals surface area contributed by atoms with Crippen molar-refractivity contribution in [3.05, 3.63) is 33.3 Å². The summed E-state index contributed by atoms with van der Waals surface area (Å²) in [7, 11) is 0. The van der Waals surface area contributed by atoms with Crippen LogP contribution >= 0.6 is 27.5 Å². The molecule has 0 saturated heterocycles. The van der Waals surface area contributed by atoms with Crippen LogP contribution in [0.5, 0.6) is 0 Å². The third kappa shape index (κ3) is 3.72. The zero-order chi connectivity index (χ0) is 13.9. The van der Waals surface area contributed by atoms with Gasteiger partial charge < -0.3 is 5.32 Å². The third-order valence-corrected chi connectivity index (χ3v) is 4.76. The van der Waals surface area contributed by atoms with Crippen molar-refractivity contribution >= 4 is 33.4 Å². The minimum atomic E-state index is -0.130. The van der Waals surface area contributed by atoms with E-state index in [0.29, 0.717) is 23.0 Å². The average molecular weight is 333 g/mol. The molecule has 0 fully saturated rings. The van der Waals surface area contributed by atoms with Gasteiger partial charge in [0.25, 0.3) is 5.91 Å². The topological polar surface area (TPSA) is 29.1 Å². The Kier molecular flexibility index (Phi) is 5.23. The highest BCUT2D eigenvalue weighted by Gasteiger charge is 2.23. The van der Waals surface area contributed by atoms with Crippen LogP contribution in [0.25, 0.3) is 0 Å². The Hall–Kier alpha value is -0.540. The maximum atomic E-state index is 12.1. The number of hydrogen-bond donors (Lipinski definition) is 1. The minimum Gasteiger partial charge on any atom is -0.351 e. The molecule has 0 aromatic heterocycles. The zero-order valence-electron chi connectivity index (χ0n) is 11.2. The van der Waals surface area contributed by atoms with Crippen molar-refractivity contribution in [3.8, 4) is 0 Å². The fourth-order valence-corrected chi connectivity index (χ4v) is 1.86. The van der Waals surface area contributed by atoms with Crippen LogP contribution in [0.15, 0.2) is 22.7 Å². The van der Waals surface area contributed by atoms with Gasteiger partial charge in [-0.1, -0.05) is 45.4 Å². The lowest BCUT2D eigenvalue weighted by Gasteiger charge is -2.29. The first-order valence-electron chi connectivity index (χ1n) is 5.98. The molecule has 100 valence electrons. The summed E-state index contributed by atoms with van der Waals surface area (Å²) >= 11 is 9.41. The van der Waals surface area contributed by atoms with Crippen molar-refractivity contribution in [2.24, 2.45) is 11.3 Å². The first-order chi connectivity index (χ1) is 8.25. The maximum absolute atomic E-state index is 12.1. The van der Waals surface area contributed by atoms with E-state index in [1.807, 2.05) is 6.07 Å². The van der Waals surface area contributed by atoms with Gasteiger partial charge in [-0.25, -0.2) is 0 Å². The quantitative estimate of drug-likeness (QED) is 0.863. The van der Waals surface area contributed by atoms with Gasteiger partial charge in [-0.15, -0.1) is 0 Å². The van der Waals surface area contributed by atoms with Crippen molar-refractivity contribution < 1.29 is 4.79 Å². The Morgan fingerprint density at radius 2 is 2.06 bits per heavy atom. The number of rotatable bonds is 4. The third-order valence-electron chi connectivity index (χ3n) is 3.46. The molecular weight excluding hydrogens is 314 g/mol. The number of halogens is 2. The molecule has 4 heteroatoms. The van der Waals surface area contributed by atoms with E-state index in [-0.39, 0.29) is 11.3 Å². The Morgan fingerprint density at radius 3 is 2.61 bits per heavy atom. The van der Waals surface area contributed by atoms with Crippen molar-refractivity contribution in [2.75, 3.05) is 6.54 Å². The first-order valence-corrected chi connectivity index (χ1v) is 7.15. The lowest BCUT2D eigenvalue weighted by atomic mass is 9.81. The van der Waals surface area contributed by atoms with Crippen LogP contribution in [0, 0.1) is 11.3 Å². The first kappa shape index (κ1) is 15.5. The number of amides is 1. The van der Waals surface area contributed by atoms with Crippen LogP contribution in [-0.4, -0.2) is 12.5 Å². The number of carbonyl (C=O) groups is 1. The molecule has 2 nitrogen and oxygen atoms in total. The summed E-state index contributed by atoms with van der Waals surface area (Å²) in [4.78, 5) is 12.1. The standard InChI is InChI=1S/C14H19BrClNO/c1-9(2)14(3,4)8-17-13(18)10-6-5-7-11(15)12(10)16/h5-7,9H,8H2,1-4H3,(H,17,18). The molecule has 0 aliphatic heterocycles. The van der Waals surface area contributed by atoms with Crippen molar-refractivity contribution in [1.82, 2.24) is 5.32 Å². The van der Waals surface area contributed by atoms with Crippen LogP contribution in [0.4, 0.5) is 0 Å². The van der Waals surface area contributed by atoms with Crippen molar-refractivity contribution in [2.45, 2.75) is 27.7 Å². The van der Waals surface area contributed by atoms with Gasteiger partial charge in [-0.05, 0) is 39.4 Å². The van der Waals surface area contributed by atoms with E-state index in [9.17, 15) is 4.79 Å². The molecule has 0 aliphatic carbocycles. The lowest BCUT2D eigenvalue weighted by Crippen LogP contribution is -2.37. The van der Waals surface area contributed by atoms with E-state index >= 15 is 0 Å². The minimum absolute atomic E-state index is 0.0636. The van der Waals surface area contributed by atoms with E-state index < -0.39 is 0 Å². The van der Waals surface area contributed by atoms with Gasteiger partial charge >= 0.3 is 0 Å². The number of hydrogen-bond acceptors (Lipinski definition) is 1. The molecule has 0 radical (unpaired) electrons. The summed E-state index contributed by atoms with van der Waals surface area (Å²) in [6.45, 7) is 9.21. The van der Waals surface area contributed by atoms with Gasteiger partial charge in [0.15, 0.2) is 0 Å². The van der Waals surface area contributed by atoms with E-state index in [1.54, 1.807) is 12.1 Å². The van der Waals surface area contributed by atoms with Crippen LogP contribution < -0.4 is 5.32 Å². The smallest absolute Gasteiger partial charge is 0.252 e. The molecule has 0 unspecified atom stereocenters. The summed E-state index contributed by atoms with van der Waals surface area (Å²) in [6.07, 6.45) is 0. The fourth-order valence-electron chi connectivity index (χ4n) is 1.29. The van der Waals surface area contributed by atoms with E-state index in [1.165, 1.54) is 0 Å². The Bertz CT molecular complexity index is 443. The molecule has 1 amide bonds. The Labute approximate surface area is 122 Å². The number of nitrogens with one attached hydrogen (secondary N) is 1. The molecule has 0 saturated carbocycles. The normalized spacial score (nSPS) is 11.7. The monoisotopic (exact) mass is 331 g/mol. The van der Waals surface area contributed by atoms with Crippen LogP contribution in [0.1, 0.15) is 38.1 Å². The van der Waals surface area contributed by atoms with Gasteiger partial charge in [-0.2, -0.15) is 0 Å². The van der Waals surface area contributed by atoms with Crippen molar-refractivity contribution in [1.29, 1.82) is 0 Å². The van der Waals surface area contributed by atoms with Crippen LogP contribution in [0.3, 0.4) is 0 Å². The molecular formula is C14H19BrClNO. The highest BCUT2D eigenvalue weighted by atomic mass is 79.9. The second kappa shape index (κ2) is 6.07. The number of carbonyl (C=O) groups excluding carboxylic acids is 1. The van der Waals surface area contributed by atoms with E-state index in [0.717, 1.165) is 4.47 Å². The maximum Gasteiger partial charge on any atom is 0.252 e.